The molecule has 0 saturated carbocycles. The van der Waals surface area contributed by atoms with Crippen LogP contribution in [0.15, 0.2) is 42.0 Å². The van der Waals surface area contributed by atoms with Crippen LogP contribution >= 0.6 is 0 Å². The molecular formula is C21H19NO4. The maximum absolute atomic E-state index is 12.7. The van der Waals surface area contributed by atoms with Crippen molar-refractivity contribution in [2.75, 3.05) is 38.0 Å². The fraction of sp³-hybridized carbons (Fsp3) is 0.286. The number of hydrogen-bond acceptors (Lipinski definition) is 5. The fourth-order valence-electron chi connectivity index (χ4n) is 3.72. The van der Waals surface area contributed by atoms with Gasteiger partial charge in [0.15, 0.2) is 17.3 Å². The molecule has 132 valence electrons. The third-order valence-electron chi connectivity index (χ3n) is 5.13. The van der Waals surface area contributed by atoms with Gasteiger partial charge in [-0.2, -0.15) is 0 Å². The maximum Gasteiger partial charge on any atom is 0.231 e. The summed E-state index contributed by atoms with van der Waals surface area (Å²) in [5.74, 6) is 1.47. The average molecular weight is 349 g/mol. The highest BCUT2D eigenvalue weighted by Gasteiger charge is 2.28. The third kappa shape index (κ3) is 2.65. The zero-order valence-corrected chi connectivity index (χ0v) is 14.4. The summed E-state index contributed by atoms with van der Waals surface area (Å²) in [5, 5.41) is 0. The molecule has 3 aliphatic rings. The van der Waals surface area contributed by atoms with Crippen molar-refractivity contribution in [2.24, 2.45) is 0 Å². The minimum atomic E-state index is 0.0792. The molecule has 1 aliphatic carbocycles. The van der Waals surface area contributed by atoms with Crippen LogP contribution in [0.3, 0.4) is 0 Å². The first kappa shape index (κ1) is 15.5. The summed E-state index contributed by atoms with van der Waals surface area (Å²) >= 11 is 0. The number of Topliss-reactive ketones (excluding diaryl/α,β-unsaturated/α-hetero) is 1. The van der Waals surface area contributed by atoms with Crippen LogP contribution in [0.1, 0.15) is 21.5 Å². The van der Waals surface area contributed by atoms with E-state index in [0.717, 1.165) is 54.3 Å². The molecule has 1 saturated heterocycles. The first-order valence-electron chi connectivity index (χ1n) is 8.88. The lowest BCUT2D eigenvalue weighted by molar-refractivity contribution is 0.104. The van der Waals surface area contributed by atoms with Gasteiger partial charge in [-0.25, -0.2) is 0 Å². The van der Waals surface area contributed by atoms with E-state index in [1.807, 2.05) is 18.2 Å². The Balaban J connectivity index is 1.38. The number of carbonyl (C=O) groups excluding carboxylic acids is 1. The summed E-state index contributed by atoms with van der Waals surface area (Å²) in [5.41, 5.74) is 4.78. The highest BCUT2D eigenvalue weighted by Crippen LogP contribution is 2.39. The number of allylic oxidation sites excluding steroid dienone is 1. The van der Waals surface area contributed by atoms with Gasteiger partial charge in [0.25, 0.3) is 0 Å². The Kier molecular flexibility index (Phi) is 3.68. The van der Waals surface area contributed by atoms with E-state index in [9.17, 15) is 4.79 Å². The third-order valence-corrected chi connectivity index (χ3v) is 5.13. The first-order chi connectivity index (χ1) is 12.8. The molecular weight excluding hydrogens is 330 g/mol. The zero-order chi connectivity index (χ0) is 17.5. The summed E-state index contributed by atoms with van der Waals surface area (Å²) in [6.45, 7) is 3.61. The molecule has 2 aromatic carbocycles. The van der Waals surface area contributed by atoms with E-state index in [0.29, 0.717) is 12.2 Å². The Morgan fingerprint density at radius 3 is 2.46 bits per heavy atom. The number of ketones is 1. The molecule has 5 heteroatoms. The van der Waals surface area contributed by atoms with Crippen LogP contribution in [0.5, 0.6) is 11.5 Å². The van der Waals surface area contributed by atoms with E-state index in [1.165, 1.54) is 5.69 Å². The van der Waals surface area contributed by atoms with E-state index >= 15 is 0 Å². The maximum atomic E-state index is 12.7. The number of benzene rings is 2. The summed E-state index contributed by atoms with van der Waals surface area (Å²) in [6, 6.07) is 12.1. The molecule has 1 fully saturated rings. The topological polar surface area (TPSA) is 48.0 Å². The second-order valence-corrected chi connectivity index (χ2v) is 6.73. The van der Waals surface area contributed by atoms with Crippen molar-refractivity contribution in [3.8, 4) is 11.5 Å². The van der Waals surface area contributed by atoms with Gasteiger partial charge in [-0.05, 0) is 41.5 Å². The van der Waals surface area contributed by atoms with Crippen LogP contribution in [0, 0.1) is 0 Å². The van der Waals surface area contributed by atoms with Gasteiger partial charge in [-0.3, -0.25) is 4.79 Å². The molecule has 0 atom stereocenters. The smallest absolute Gasteiger partial charge is 0.231 e. The predicted molar refractivity (Wildman–Crippen MR) is 98.1 cm³/mol. The van der Waals surface area contributed by atoms with Gasteiger partial charge in [0, 0.05) is 36.3 Å². The van der Waals surface area contributed by atoms with Crippen LogP contribution in [0.2, 0.25) is 0 Å². The second kappa shape index (κ2) is 6.18. The summed E-state index contributed by atoms with van der Waals surface area (Å²) in [4.78, 5) is 15.0. The Morgan fingerprint density at radius 2 is 1.69 bits per heavy atom. The van der Waals surface area contributed by atoms with Gasteiger partial charge in [-0.1, -0.05) is 12.1 Å². The highest BCUT2D eigenvalue weighted by atomic mass is 16.7. The van der Waals surface area contributed by atoms with Gasteiger partial charge in [-0.15, -0.1) is 0 Å². The summed E-state index contributed by atoms with van der Waals surface area (Å²) in [7, 11) is 0. The number of nitrogens with zero attached hydrogens (tertiary/aromatic N) is 1. The summed E-state index contributed by atoms with van der Waals surface area (Å²) in [6.07, 6.45) is 2.62. The Labute approximate surface area is 151 Å². The molecule has 2 heterocycles. The van der Waals surface area contributed by atoms with Gasteiger partial charge in [0.05, 0.1) is 13.2 Å². The standard InChI is InChI=1S/C21H19NO4/c23-21-16(10-15-11-19-20(12-18(15)21)26-13-25-19)9-14-1-3-17(4-2-14)22-5-7-24-8-6-22/h1-4,9,11-12H,5-8,10,13H2/b16-9+. The van der Waals surface area contributed by atoms with Gasteiger partial charge < -0.3 is 19.1 Å². The summed E-state index contributed by atoms with van der Waals surface area (Å²) < 4.78 is 16.2. The number of fused-ring (bicyclic) bond motifs is 2. The molecule has 0 bridgehead atoms. The number of carbonyl (C=O) groups is 1. The molecule has 5 nitrogen and oxygen atoms in total. The fourth-order valence-corrected chi connectivity index (χ4v) is 3.72. The zero-order valence-electron chi connectivity index (χ0n) is 14.4. The van der Waals surface area contributed by atoms with Gasteiger partial charge in [0.1, 0.15) is 0 Å². The van der Waals surface area contributed by atoms with Crippen molar-refractivity contribution in [3.05, 3.63) is 58.7 Å². The largest absolute Gasteiger partial charge is 0.454 e. The highest BCUT2D eigenvalue weighted by molar-refractivity contribution is 6.16. The van der Waals surface area contributed by atoms with Crippen molar-refractivity contribution < 1.29 is 19.0 Å². The molecule has 0 radical (unpaired) electrons. The van der Waals surface area contributed by atoms with Crippen LogP contribution in [0.4, 0.5) is 5.69 Å². The normalized spacial score (nSPS) is 19.9. The van der Waals surface area contributed by atoms with E-state index in [4.69, 9.17) is 14.2 Å². The molecule has 0 spiro atoms. The van der Waals surface area contributed by atoms with E-state index in [-0.39, 0.29) is 12.6 Å². The molecule has 0 amide bonds. The number of hydrogen-bond donors (Lipinski definition) is 0. The van der Waals surface area contributed by atoms with E-state index < -0.39 is 0 Å². The second-order valence-electron chi connectivity index (χ2n) is 6.73. The number of anilines is 1. The van der Waals surface area contributed by atoms with Gasteiger partial charge >= 0.3 is 0 Å². The lowest BCUT2D eigenvalue weighted by atomic mass is 10.1. The van der Waals surface area contributed by atoms with Crippen LogP contribution < -0.4 is 14.4 Å². The van der Waals surface area contributed by atoms with Gasteiger partial charge in [0.2, 0.25) is 6.79 Å². The SMILES string of the molecule is O=C1/C(=C/c2ccc(N3CCOCC3)cc2)Cc2cc3c(cc21)OCO3. The monoisotopic (exact) mass is 349 g/mol. The van der Waals surface area contributed by atoms with E-state index in [2.05, 4.69) is 29.2 Å². The van der Waals surface area contributed by atoms with Crippen LogP contribution in [-0.2, 0) is 11.2 Å². The molecule has 0 aromatic heterocycles. The van der Waals surface area contributed by atoms with Crippen molar-refractivity contribution in [1.82, 2.24) is 0 Å². The van der Waals surface area contributed by atoms with Crippen molar-refractivity contribution in [1.29, 1.82) is 0 Å². The Hall–Kier alpha value is -2.79. The Morgan fingerprint density at radius 1 is 0.962 bits per heavy atom. The average Bonchev–Trinajstić information content (AvgIpc) is 3.26. The number of morpholine rings is 1. The quantitative estimate of drug-likeness (QED) is 0.780. The van der Waals surface area contributed by atoms with Crippen molar-refractivity contribution in [3.63, 3.8) is 0 Å². The van der Waals surface area contributed by atoms with E-state index in [1.54, 1.807) is 0 Å². The number of rotatable bonds is 2. The minimum absolute atomic E-state index is 0.0792. The minimum Gasteiger partial charge on any atom is -0.454 e. The predicted octanol–water partition coefficient (Wildman–Crippen LogP) is 3.07. The molecule has 2 aliphatic heterocycles. The van der Waals surface area contributed by atoms with Crippen molar-refractivity contribution in [2.45, 2.75) is 6.42 Å². The number of ether oxygens (including phenoxy) is 3. The van der Waals surface area contributed by atoms with Crippen molar-refractivity contribution >= 4 is 17.5 Å². The molecule has 5 rings (SSSR count). The molecule has 2 aromatic rings. The molecule has 0 unspecified atom stereocenters. The Bertz CT molecular complexity index is 895. The van der Waals surface area contributed by atoms with Crippen LogP contribution in [0.25, 0.3) is 6.08 Å². The molecule has 26 heavy (non-hydrogen) atoms. The lowest BCUT2D eigenvalue weighted by Gasteiger charge is -2.28. The van der Waals surface area contributed by atoms with Crippen LogP contribution in [-0.4, -0.2) is 38.9 Å². The first-order valence-corrected chi connectivity index (χ1v) is 8.88. The lowest BCUT2D eigenvalue weighted by Crippen LogP contribution is -2.36. The molecule has 0 N–H and O–H groups in total.